The number of nitrogens with one attached hydrogen (secondary N) is 1. The minimum Gasteiger partial charge on any atom is -0.496 e. The highest BCUT2D eigenvalue weighted by molar-refractivity contribution is 5.85. The Kier molecular flexibility index (Phi) is 7.54. The first kappa shape index (κ1) is 17.8. The van der Waals surface area contributed by atoms with Crippen molar-refractivity contribution in [2.45, 2.75) is 31.7 Å². The number of benzene rings is 1. The Labute approximate surface area is 133 Å². The molecule has 21 heavy (non-hydrogen) atoms. The van der Waals surface area contributed by atoms with E-state index in [1.807, 2.05) is 36.2 Å². The maximum atomic E-state index is 12.3. The summed E-state index contributed by atoms with van der Waals surface area (Å²) in [6.45, 7) is 2.02. The lowest BCUT2D eigenvalue weighted by Crippen LogP contribution is -2.44. The molecule has 1 fully saturated rings. The Hall–Kier alpha value is -1.26. The number of hydrogen-bond acceptors (Lipinski definition) is 3. The fourth-order valence-electron chi connectivity index (χ4n) is 2.73. The molecule has 118 valence electrons. The first-order valence-electron chi connectivity index (χ1n) is 7.30. The smallest absolute Gasteiger partial charge is 0.222 e. The lowest BCUT2D eigenvalue weighted by Gasteiger charge is -2.31. The summed E-state index contributed by atoms with van der Waals surface area (Å²) < 4.78 is 5.32. The highest BCUT2D eigenvalue weighted by atomic mass is 35.5. The minimum absolute atomic E-state index is 0. The van der Waals surface area contributed by atoms with E-state index in [1.165, 1.54) is 0 Å². The lowest BCUT2D eigenvalue weighted by atomic mass is 10.0. The highest BCUT2D eigenvalue weighted by Crippen LogP contribution is 2.20. The summed E-state index contributed by atoms with van der Waals surface area (Å²) in [7, 11) is 3.60. The van der Waals surface area contributed by atoms with Gasteiger partial charge in [-0.25, -0.2) is 0 Å². The molecule has 0 aromatic heterocycles. The molecular weight excluding hydrogens is 288 g/mol. The molecule has 0 atom stereocenters. The summed E-state index contributed by atoms with van der Waals surface area (Å²) in [5.41, 5.74) is 1.10. The van der Waals surface area contributed by atoms with E-state index in [9.17, 15) is 4.79 Å². The summed E-state index contributed by atoms with van der Waals surface area (Å²) in [4.78, 5) is 14.2. The maximum Gasteiger partial charge on any atom is 0.222 e. The summed E-state index contributed by atoms with van der Waals surface area (Å²) >= 11 is 0. The summed E-state index contributed by atoms with van der Waals surface area (Å²) in [5, 5.41) is 3.33. The number of ether oxygens (including phenoxy) is 1. The van der Waals surface area contributed by atoms with Crippen molar-refractivity contribution >= 4 is 18.3 Å². The number of nitrogens with zero attached hydrogens (tertiary/aromatic N) is 1. The molecule has 1 aromatic carbocycles. The Morgan fingerprint density at radius 2 is 2.00 bits per heavy atom. The van der Waals surface area contributed by atoms with Crippen LogP contribution in [0.3, 0.4) is 0 Å². The fraction of sp³-hybridized carbons (Fsp3) is 0.562. The lowest BCUT2D eigenvalue weighted by molar-refractivity contribution is -0.132. The van der Waals surface area contributed by atoms with E-state index >= 15 is 0 Å². The number of hydrogen-bond donors (Lipinski definition) is 1. The van der Waals surface area contributed by atoms with E-state index < -0.39 is 0 Å². The second-order valence-electron chi connectivity index (χ2n) is 5.30. The molecule has 1 amide bonds. The monoisotopic (exact) mass is 312 g/mol. The molecule has 5 heteroatoms. The molecule has 4 nitrogen and oxygen atoms in total. The molecule has 0 unspecified atom stereocenters. The van der Waals surface area contributed by atoms with Gasteiger partial charge in [-0.3, -0.25) is 4.79 Å². The molecule has 0 bridgehead atoms. The molecule has 0 radical (unpaired) electrons. The standard InChI is InChI=1S/C16H24N2O2.ClH/c1-18(14-9-11-17-12-10-14)16(19)8-7-13-5-3-4-6-15(13)20-2;/h3-6,14,17H,7-12H2,1-2H3;1H. The number of carbonyl (C=O) groups is 1. The zero-order chi connectivity index (χ0) is 14.4. The molecule has 0 saturated carbocycles. The normalized spacial score (nSPS) is 15.1. The zero-order valence-corrected chi connectivity index (χ0v) is 13.6. The first-order valence-corrected chi connectivity index (χ1v) is 7.30. The van der Waals surface area contributed by atoms with Crippen LogP contribution in [0.15, 0.2) is 24.3 Å². The summed E-state index contributed by atoms with van der Waals surface area (Å²) in [6.07, 6.45) is 3.38. The van der Waals surface area contributed by atoms with Gasteiger partial charge in [-0.05, 0) is 44.0 Å². The van der Waals surface area contributed by atoms with Crippen LogP contribution < -0.4 is 10.1 Å². The molecule has 1 aliphatic rings. The van der Waals surface area contributed by atoms with Crippen LogP contribution in [0.25, 0.3) is 0 Å². The van der Waals surface area contributed by atoms with Gasteiger partial charge in [0.05, 0.1) is 7.11 Å². The number of piperidine rings is 1. The third-order valence-corrected chi connectivity index (χ3v) is 4.05. The molecule has 1 N–H and O–H groups in total. The predicted octanol–water partition coefficient (Wildman–Crippen LogP) is 2.26. The van der Waals surface area contributed by atoms with Gasteiger partial charge in [0.15, 0.2) is 0 Å². The number of amides is 1. The van der Waals surface area contributed by atoms with Crippen LogP contribution >= 0.6 is 12.4 Å². The van der Waals surface area contributed by atoms with Gasteiger partial charge in [0.25, 0.3) is 0 Å². The van der Waals surface area contributed by atoms with Gasteiger partial charge in [-0.1, -0.05) is 18.2 Å². The Bertz CT molecular complexity index is 448. The van der Waals surface area contributed by atoms with Crippen LogP contribution in [-0.2, 0) is 11.2 Å². The fourth-order valence-corrected chi connectivity index (χ4v) is 2.73. The molecule has 1 aliphatic heterocycles. The topological polar surface area (TPSA) is 41.6 Å². The van der Waals surface area contributed by atoms with Gasteiger partial charge in [-0.15, -0.1) is 12.4 Å². The van der Waals surface area contributed by atoms with Crippen LogP contribution in [0.4, 0.5) is 0 Å². The van der Waals surface area contributed by atoms with Gasteiger partial charge in [-0.2, -0.15) is 0 Å². The summed E-state index contributed by atoms with van der Waals surface area (Å²) in [6, 6.07) is 8.29. The highest BCUT2D eigenvalue weighted by Gasteiger charge is 2.21. The van der Waals surface area contributed by atoms with E-state index in [-0.39, 0.29) is 18.3 Å². The second-order valence-corrected chi connectivity index (χ2v) is 5.30. The molecule has 2 rings (SSSR count). The van der Waals surface area contributed by atoms with E-state index in [2.05, 4.69) is 5.32 Å². The number of carbonyl (C=O) groups excluding carboxylic acids is 1. The molecule has 0 spiro atoms. The van der Waals surface area contributed by atoms with E-state index in [1.54, 1.807) is 7.11 Å². The zero-order valence-electron chi connectivity index (χ0n) is 12.8. The van der Waals surface area contributed by atoms with Crippen LogP contribution in [-0.4, -0.2) is 44.1 Å². The average molecular weight is 313 g/mol. The quantitative estimate of drug-likeness (QED) is 0.907. The van der Waals surface area contributed by atoms with Gasteiger partial charge in [0.1, 0.15) is 5.75 Å². The predicted molar refractivity (Wildman–Crippen MR) is 87.2 cm³/mol. The maximum absolute atomic E-state index is 12.3. The van der Waals surface area contributed by atoms with Gasteiger partial charge in [0, 0.05) is 19.5 Å². The van der Waals surface area contributed by atoms with E-state index in [4.69, 9.17) is 4.74 Å². The third kappa shape index (κ3) is 4.90. The van der Waals surface area contributed by atoms with Gasteiger partial charge < -0.3 is 15.0 Å². The van der Waals surface area contributed by atoms with Crippen LogP contribution in [0.5, 0.6) is 5.75 Å². The van der Waals surface area contributed by atoms with Crippen molar-refractivity contribution in [1.29, 1.82) is 0 Å². The third-order valence-electron chi connectivity index (χ3n) is 4.05. The number of para-hydroxylation sites is 1. The second kappa shape index (κ2) is 8.90. The Morgan fingerprint density at radius 1 is 1.33 bits per heavy atom. The number of aryl methyl sites for hydroxylation is 1. The minimum atomic E-state index is 0. The van der Waals surface area contributed by atoms with Crippen molar-refractivity contribution < 1.29 is 9.53 Å². The molecule has 1 aromatic rings. The summed E-state index contributed by atoms with van der Waals surface area (Å²) in [5.74, 6) is 1.09. The van der Waals surface area contributed by atoms with Crippen molar-refractivity contribution in [3.8, 4) is 5.75 Å². The molecule has 1 heterocycles. The molecular formula is C16H25ClN2O2. The largest absolute Gasteiger partial charge is 0.496 e. The van der Waals surface area contributed by atoms with E-state index in [0.29, 0.717) is 12.5 Å². The van der Waals surface area contributed by atoms with Crippen molar-refractivity contribution in [3.05, 3.63) is 29.8 Å². The Morgan fingerprint density at radius 3 is 2.67 bits per heavy atom. The number of rotatable bonds is 5. The van der Waals surface area contributed by atoms with Crippen LogP contribution in [0, 0.1) is 0 Å². The number of methoxy groups -OCH3 is 1. The van der Waals surface area contributed by atoms with Crippen molar-refractivity contribution in [1.82, 2.24) is 10.2 Å². The van der Waals surface area contributed by atoms with E-state index in [0.717, 1.165) is 43.7 Å². The van der Waals surface area contributed by atoms with Crippen LogP contribution in [0.1, 0.15) is 24.8 Å². The van der Waals surface area contributed by atoms with Crippen molar-refractivity contribution in [3.63, 3.8) is 0 Å². The van der Waals surface area contributed by atoms with Crippen molar-refractivity contribution in [2.24, 2.45) is 0 Å². The average Bonchev–Trinajstić information content (AvgIpc) is 2.53. The Balaban J connectivity index is 0.00000220. The number of halogens is 1. The molecule has 0 aliphatic carbocycles. The van der Waals surface area contributed by atoms with Gasteiger partial charge >= 0.3 is 0 Å². The molecule has 1 saturated heterocycles. The van der Waals surface area contributed by atoms with Gasteiger partial charge in [0.2, 0.25) is 5.91 Å². The first-order chi connectivity index (χ1) is 9.72. The van der Waals surface area contributed by atoms with Crippen molar-refractivity contribution in [2.75, 3.05) is 27.2 Å². The van der Waals surface area contributed by atoms with Crippen LogP contribution in [0.2, 0.25) is 0 Å². The SMILES string of the molecule is COc1ccccc1CCC(=O)N(C)C1CCNCC1.Cl.